The number of carbonyl (C=O) groups excluding carboxylic acids is 2. The number of benzene rings is 2. The summed E-state index contributed by atoms with van der Waals surface area (Å²) >= 11 is 0. The molecule has 0 aliphatic carbocycles. The van der Waals surface area contributed by atoms with Gasteiger partial charge in [0.15, 0.2) is 0 Å². The first-order chi connectivity index (χ1) is 13.8. The van der Waals surface area contributed by atoms with Gasteiger partial charge in [0.1, 0.15) is 0 Å². The molecule has 0 saturated carbocycles. The summed E-state index contributed by atoms with van der Waals surface area (Å²) in [6, 6.07) is 10.7. The fraction of sp³-hybridized carbons (Fsp3) is 0.300. The molecule has 1 N–H and O–H groups in total. The van der Waals surface area contributed by atoms with Gasteiger partial charge >= 0.3 is 5.97 Å². The van der Waals surface area contributed by atoms with Crippen LogP contribution < -0.4 is 5.32 Å². The van der Waals surface area contributed by atoms with E-state index in [2.05, 4.69) is 5.32 Å². The summed E-state index contributed by atoms with van der Waals surface area (Å²) in [5.74, 6) is -0.901. The number of sulfonamides is 1. The van der Waals surface area contributed by atoms with Crippen LogP contribution in [0.2, 0.25) is 0 Å². The van der Waals surface area contributed by atoms with Crippen LogP contribution in [-0.4, -0.2) is 58.0 Å². The minimum Gasteiger partial charge on any atom is -0.465 e. The molecule has 1 saturated heterocycles. The number of rotatable bonds is 5. The fourth-order valence-corrected chi connectivity index (χ4v) is 4.42. The van der Waals surface area contributed by atoms with Crippen LogP contribution in [0, 0.1) is 6.92 Å². The van der Waals surface area contributed by atoms with Gasteiger partial charge < -0.3 is 14.8 Å². The van der Waals surface area contributed by atoms with E-state index >= 15 is 0 Å². The summed E-state index contributed by atoms with van der Waals surface area (Å²) in [7, 11) is -2.33. The summed E-state index contributed by atoms with van der Waals surface area (Å²) < 4.78 is 36.6. The van der Waals surface area contributed by atoms with Gasteiger partial charge in [0.2, 0.25) is 10.0 Å². The Morgan fingerprint density at radius 2 is 1.72 bits per heavy atom. The van der Waals surface area contributed by atoms with Crippen molar-refractivity contribution in [3.8, 4) is 0 Å². The number of methoxy groups -OCH3 is 1. The molecular formula is C20H22N2O6S. The Labute approximate surface area is 169 Å². The molecule has 3 rings (SSSR count). The third kappa shape index (κ3) is 4.47. The van der Waals surface area contributed by atoms with Gasteiger partial charge in [0.25, 0.3) is 5.91 Å². The Balaban J connectivity index is 1.77. The van der Waals surface area contributed by atoms with Crippen molar-refractivity contribution in [1.82, 2.24) is 4.31 Å². The fourth-order valence-electron chi connectivity index (χ4n) is 3.01. The van der Waals surface area contributed by atoms with Crippen LogP contribution in [0.1, 0.15) is 26.3 Å². The number of amides is 1. The Morgan fingerprint density at radius 1 is 1.07 bits per heavy atom. The highest BCUT2D eigenvalue weighted by Crippen LogP contribution is 2.22. The normalized spacial score (nSPS) is 15.0. The average molecular weight is 418 g/mol. The maximum atomic E-state index is 12.7. The Kier molecular flexibility index (Phi) is 6.31. The van der Waals surface area contributed by atoms with Gasteiger partial charge in [-0.1, -0.05) is 6.07 Å². The number of hydrogen-bond donors (Lipinski definition) is 1. The van der Waals surface area contributed by atoms with Crippen LogP contribution in [0.4, 0.5) is 5.69 Å². The van der Waals surface area contributed by atoms with Crippen molar-refractivity contribution in [3.05, 3.63) is 59.2 Å². The van der Waals surface area contributed by atoms with E-state index in [1.807, 2.05) is 0 Å². The van der Waals surface area contributed by atoms with Crippen molar-refractivity contribution in [1.29, 1.82) is 0 Å². The number of esters is 1. The van der Waals surface area contributed by atoms with Crippen molar-refractivity contribution in [2.24, 2.45) is 0 Å². The lowest BCUT2D eigenvalue weighted by Gasteiger charge is -2.26. The number of nitrogens with one attached hydrogen (secondary N) is 1. The van der Waals surface area contributed by atoms with Crippen LogP contribution in [0.5, 0.6) is 0 Å². The molecule has 0 unspecified atom stereocenters. The Morgan fingerprint density at radius 3 is 2.34 bits per heavy atom. The largest absolute Gasteiger partial charge is 0.465 e. The van der Waals surface area contributed by atoms with Gasteiger partial charge in [0, 0.05) is 24.3 Å². The van der Waals surface area contributed by atoms with Crippen molar-refractivity contribution in [3.63, 3.8) is 0 Å². The third-order valence-corrected chi connectivity index (χ3v) is 6.62. The topological polar surface area (TPSA) is 102 Å². The van der Waals surface area contributed by atoms with Gasteiger partial charge in [-0.05, 0) is 48.9 Å². The second-order valence-electron chi connectivity index (χ2n) is 6.46. The molecule has 1 aliphatic rings. The SMILES string of the molecule is COC(=O)c1cccc(NC(=O)c2ccc(S(=O)(=O)N3CCOCC3)cc2)c1C. The van der Waals surface area contributed by atoms with Gasteiger partial charge in [-0.2, -0.15) is 4.31 Å². The maximum absolute atomic E-state index is 12.7. The minimum absolute atomic E-state index is 0.125. The van der Waals surface area contributed by atoms with Gasteiger partial charge in [-0.25, -0.2) is 13.2 Å². The van der Waals surface area contributed by atoms with E-state index in [0.29, 0.717) is 48.7 Å². The zero-order valence-electron chi connectivity index (χ0n) is 16.2. The van der Waals surface area contributed by atoms with Gasteiger partial charge in [-0.3, -0.25) is 4.79 Å². The van der Waals surface area contributed by atoms with Crippen molar-refractivity contribution < 1.29 is 27.5 Å². The van der Waals surface area contributed by atoms with E-state index in [1.54, 1.807) is 25.1 Å². The highest BCUT2D eigenvalue weighted by molar-refractivity contribution is 7.89. The number of morpholine rings is 1. The number of ether oxygens (including phenoxy) is 2. The predicted octanol–water partition coefficient (Wildman–Crippen LogP) is 2.05. The molecule has 0 spiro atoms. The molecule has 9 heteroatoms. The summed E-state index contributed by atoms with van der Waals surface area (Å²) in [6.45, 7) is 3.05. The predicted molar refractivity (Wildman–Crippen MR) is 106 cm³/mol. The molecule has 154 valence electrons. The van der Waals surface area contributed by atoms with Crippen LogP contribution >= 0.6 is 0 Å². The molecule has 0 aromatic heterocycles. The first-order valence-corrected chi connectivity index (χ1v) is 10.5. The zero-order valence-corrected chi connectivity index (χ0v) is 17.0. The average Bonchev–Trinajstić information content (AvgIpc) is 2.75. The quantitative estimate of drug-likeness (QED) is 0.746. The van der Waals surface area contributed by atoms with Crippen LogP contribution in [0.25, 0.3) is 0 Å². The van der Waals surface area contributed by atoms with E-state index < -0.39 is 21.9 Å². The van der Waals surface area contributed by atoms with Crippen LogP contribution in [0.15, 0.2) is 47.4 Å². The molecule has 2 aromatic carbocycles. The van der Waals surface area contributed by atoms with Crippen molar-refractivity contribution >= 4 is 27.6 Å². The second kappa shape index (κ2) is 8.73. The summed E-state index contributed by atoms with van der Waals surface area (Å²) in [5, 5.41) is 2.74. The van der Waals surface area contributed by atoms with Crippen molar-refractivity contribution in [2.75, 3.05) is 38.7 Å². The van der Waals surface area contributed by atoms with E-state index in [4.69, 9.17) is 9.47 Å². The maximum Gasteiger partial charge on any atom is 0.338 e. The van der Waals surface area contributed by atoms with E-state index in [0.717, 1.165) is 0 Å². The first kappa shape index (κ1) is 21.0. The molecule has 0 bridgehead atoms. The lowest BCUT2D eigenvalue weighted by atomic mass is 10.1. The molecule has 8 nitrogen and oxygen atoms in total. The Bertz CT molecular complexity index is 1010. The summed E-state index contributed by atoms with van der Waals surface area (Å²) in [6.07, 6.45) is 0. The standard InChI is InChI=1S/C20H22N2O6S/c1-14-17(20(24)27-2)4-3-5-18(14)21-19(23)15-6-8-16(9-7-15)29(25,26)22-10-12-28-13-11-22/h3-9H,10-13H2,1-2H3,(H,21,23). The van der Waals surface area contributed by atoms with Crippen LogP contribution in [0.3, 0.4) is 0 Å². The van der Waals surface area contributed by atoms with Crippen LogP contribution in [-0.2, 0) is 19.5 Å². The van der Waals surface area contributed by atoms with E-state index in [1.165, 1.54) is 35.7 Å². The smallest absolute Gasteiger partial charge is 0.338 e. The third-order valence-electron chi connectivity index (χ3n) is 4.71. The van der Waals surface area contributed by atoms with Gasteiger partial charge in [0.05, 0.1) is 30.8 Å². The molecule has 1 fully saturated rings. The minimum atomic E-state index is -3.62. The number of anilines is 1. The summed E-state index contributed by atoms with van der Waals surface area (Å²) in [5.41, 5.74) is 1.72. The lowest BCUT2D eigenvalue weighted by Crippen LogP contribution is -2.40. The zero-order chi connectivity index (χ0) is 21.0. The highest BCUT2D eigenvalue weighted by Gasteiger charge is 2.26. The molecule has 2 aromatic rings. The highest BCUT2D eigenvalue weighted by atomic mass is 32.2. The molecule has 1 heterocycles. The second-order valence-corrected chi connectivity index (χ2v) is 8.40. The van der Waals surface area contributed by atoms with Gasteiger partial charge in [-0.15, -0.1) is 0 Å². The molecule has 29 heavy (non-hydrogen) atoms. The van der Waals surface area contributed by atoms with Crippen molar-refractivity contribution in [2.45, 2.75) is 11.8 Å². The number of nitrogens with zero attached hydrogens (tertiary/aromatic N) is 1. The first-order valence-electron chi connectivity index (χ1n) is 9.02. The Hall–Kier alpha value is -2.75. The van der Waals surface area contributed by atoms with E-state index in [-0.39, 0.29) is 4.90 Å². The molecule has 1 aliphatic heterocycles. The molecule has 1 amide bonds. The number of carbonyl (C=O) groups is 2. The molecule has 0 atom stereocenters. The van der Waals surface area contributed by atoms with E-state index in [9.17, 15) is 18.0 Å². The summed E-state index contributed by atoms with van der Waals surface area (Å²) in [4.78, 5) is 24.5. The molecular weight excluding hydrogens is 396 g/mol. The molecule has 0 radical (unpaired) electrons. The monoisotopic (exact) mass is 418 g/mol. The lowest BCUT2D eigenvalue weighted by molar-refractivity contribution is 0.0599. The number of hydrogen-bond acceptors (Lipinski definition) is 6.